The molecule has 0 heterocycles. The van der Waals surface area contributed by atoms with Crippen LogP contribution >= 0.6 is 0 Å². The van der Waals surface area contributed by atoms with Gasteiger partial charge in [0.05, 0.1) is 0 Å². The molecule has 0 amide bonds. The van der Waals surface area contributed by atoms with E-state index in [2.05, 4.69) is 11.7 Å². The Morgan fingerprint density at radius 1 is 1.89 bits per heavy atom. The summed E-state index contributed by atoms with van der Waals surface area (Å²) in [4.78, 5) is 13.5. The van der Waals surface area contributed by atoms with Crippen LogP contribution in [-0.4, -0.2) is 30.4 Å². The van der Waals surface area contributed by atoms with Crippen LogP contribution in [0.2, 0.25) is 0 Å². The number of carbonyl (C=O) groups is 1. The van der Waals surface area contributed by atoms with Crippen molar-refractivity contribution >= 4 is 12.7 Å². The van der Waals surface area contributed by atoms with Gasteiger partial charge in [0.2, 0.25) is 0 Å². The highest BCUT2D eigenvalue weighted by atomic mass is 16.4. The van der Waals surface area contributed by atoms with E-state index in [1.807, 2.05) is 0 Å². The van der Waals surface area contributed by atoms with Crippen LogP contribution in [0.4, 0.5) is 0 Å². The predicted octanol–water partition coefficient (Wildman–Crippen LogP) is -0.511. The van der Waals surface area contributed by atoms with Crippen molar-refractivity contribution < 1.29 is 9.90 Å². The lowest BCUT2D eigenvalue weighted by Crippen LogP contribution is -2.21. The summed E-state index contributed by atoms with van der Waals surface area (Å²) in [7, 11) is 0. The minimum Gasteiger partial charge on any atom is -0.480 e. The van der Waals surface area contributed by atoms with Gasteiger partial charge < -0.3 is 10.8 Å². The average Bonchev–Trinajstić information content (AvgIpc) is 1.82. The van der Waals surface area contributed by atoms with Crippen molar-refractivity contribution in [3.8, 4) is 0 Å². The average molecular weight is 130 g/mol. The van der Waals surface area contributed by atoms with Gasteiger partial charge >= 0.3 is 5.97 Å². The zero-order chi connectivity index (χ0) is 7.28. The molecular weight excluding hydrogens is 120 g/mol. The third-order valence-corrected chi connectivity index (χ3v) is 0.946. The van der Waals surface area contributed by atoms with Crippen molar-refractivity contribution in [2.24, 2.45) is 10.7 Å². The molecule has 1 atom stereocenters. The maximum absolute atomic E-state index is 10.1. The first-order chi connectivity index (χ1) is 4.22. The second-order valence-corrected chi connectivity index (χ2v) is 1.61. The molecule has 52 valence electrons. The van der Waals surface area contributed by atoms with E-state index in [0.29, 0.717) is 13.0 Å². The van der Waals surface area contributed by atoms with Crippen LogP contribution in [-0.2, 0) is 4.79 Å². The Kier molecular flexibility index (Phi) is 3.62. The SMILES string of the molecule is C=N[C@@H](CCN)C(=O)O. The molecular formula is C5H10N2O2. The number of aliphatic carboxylic acids is 1. The Bertz CT molecular complexity index is 114. The molecule has 0 aliphatic rings. The molecule has 0 aromatic rings. The van der Waals surface area contributed by atoms with E-state index in [9.17, 15) is 4.79 Å². The Labute approximate surface area is 53.4 Å². The Morgan fingerprint density at radius 3 is 2.56 bits per heavy atom. The Morgan fingerprint density at radius 2 is 2.44 bits per heavy atom. The summed E-state index contributed by atoms with van der Waals surface area (Å²) >= 11 is 0. The lowest BCUT2D eigenvalue weighted by molar-refractivity contribution is -0.138. The molecule has 9 heavy (non-hydrogen) atoms. The largest absolute Gasteiger partial charge is 0.480 e. The van der Waals surface area contributed by atoms with Crippen LogP contribution in [0.3, 0.4) is 0 Å². The standard InChI is InChI=1S/C5H10N2O2/c1-7-4(2-3-6)5(8)9/h4H,1-3,6H2,(H,8,9)/t4-/m0/s1. The number of hydrogen-bond donors (Lipinski definition) is 2. The maximum Gasteiger partial charge on any atom is 0.328 e. The van der Waals surface area contributed by atoms with E-state index >= 15 is 0 Å². The molecule has 0 bridgehead atoms. The lowest BCUT2D eigenvalue weighted by atomic mass is 10.2. The lowest BCUT2D eigenvalue weighted by Gasteiger charge is -2.01. The second-order valence-electron chi connectivity index (χ2n) is 1.61. The highest BCUT2D eigenvalue weighted by Crippen LogP contribution is 1.93. The molecule has 4 heteroatoms. The summed E-state index contributed by atoms with van der Waals surface area (Å²) in [5.41, 5.74) is 5.09. The molecule has 3 N–H and O–H groups in total. The van der Waals surface area contributed by atoms with Crippen molar-refractivity contribution in [1.29, 1.82) is 0 Å². The predicted molar refractivity (Wildman–Crippen MR) is 34.6 cm³/mol. The van der Waals surface area contributed by atoms with Crippen molar-refractivity contribution in [1.82, 2.24) is 0 Å². The molecule has 0 saturated heterocycles. The summed E-state index contributed by atoms with van der Waals surface area (Å²) < 4.78 is 0. The fourth-order valence-electron chi connectivity index (χ4n) is 0.451. The molecule has 4 nitrogen and oxygen atoms in total. The number of nitrogens with two attached hydrogens (primary N) is 1. The van der Waals surface area contributed by atoms with E-state index in [4.69, 9.17) is 10.8 Å². The molecule has 0 aromatic carbocycles. The number of carboxylic acids is 1. The van der Waals surface area contributed by atoms with E-state index in [1.165, 1.54) is 0 Å². The van der Waals surface area contributed by atoms with Crippen LogP contribution in [0.5, 0.6) is 0 Å². The van der Waals surface area contributed by atoms with Crippen LogP contribution in [0.25, 0.3) is 0 Å². The molecule has 0 aliphatic heterocycles. The van der Waals surface area contributed by atoms with Crippen LogP contribution in [0.15, 0.2) is 4.99 Å². The molecule has 0 unspecified atom stereocenters. The Hall–Kier alpha value is -0.900. The summed E-state index contributed by atoms with van der Waals surface area (Å²) in [6.45, 7) is 3.44. The van der Waals surface area contributed by atoms with Crippen molar-refractivity contribution in [2.75, 3.05) is 6.54 Å². The smallest absolute Gasteiger partial charge is 0.328 e. The number of carboxylic acid groups (broad SMARTS) is 1. The van der Waals surface area contributed by atoms with E-state index in [1.54, 1.807) is 0 Å². The number of aliphatic imine (C=N–C) groups is 1. The van der Waals surface area contributed by atoms with Gasteiger partial charge in [-0.3, -0.25) is 4.99 Å². The zero-order valence-corrected chi connectivity index (χ0v) is 5.08. The monoisotopic (exact) mass is 130 g/mol. The third kappa shape index (κ3) is 2.81. The maximum atomic E-state index is 10.1. The second kappa shape index (κ2) is 4.03. The molecule has 0 fully saturated rings. The van der Waals surface area contributed by atoms with Crippen LogP contribution in [0.1, 0.15) is 6.42 Å². The van der Waals surface area contributed by atoms with Gasteiger partial charge in [-0.1, -0.05) is 0 Å². The quantitative estimate of drug-likeness (QED) is 0.503. The number of hydrogen-bond acceptors (Lipinski definition) is 3. The van der Waals surface area contributed by atoms with E-state index in [-0.39, 0.29) is 0 Å². The van der Waals surface area contributed by atoms with Gasteiger partial charge in [0, 0.05) is 0 Å². The highest BCUT2D eigenvalue weighted by molar-refractivity contribution is 5.74. The minimum atomic E-state index is -0.963. The summed E-state index contributed by atoms with van der Waals surface area (Å²) in [6, 6.07) is -0.727. The molecule has 0 spiro atoms. The number of rotatable bonds is 4. The Balaban J connectivity index is 3.68. The van der Waals surface area contributed by atoms with Gasteiger partial charge in [-0.2, -0.15) is 0 Å². The minimum absolute atomic E-state index is 0.329. The first kappa shape index (κ1) is 8.10. The summed E-state index contributed by atoms with van der Waals surface area (Å²) in [5.74, 6) is -0.963. The highest BCUT2D eigenvalue weighted by Gasteiger charge is 2.11. The van der Waals surface area contributed by atoms with Gasteiger partial charge in [-0.05, 0) is 19.7 Å². The zero-order valence-electron chi connectivity index (χ0n) is 5.08. The van der Waals surface area contributed by atoms with Gasteiger partial charge in [0.25, 0.3) is 0 Å². The van der Waals surface area contributed by atoms with E-state index in [0.717, 1.165) is 0 Å². The van der Waals surface area contributed by atoms with Gasteiger partial charge in [0.15, 0.2) is 0 Å². The van der Waals surface area contributed by atoms with E-state index < -0.39 is 12.0 Å². The number of nitrogens with zero attached hydrogens (tertiary/aromatic N) is 1. The van der Waals surface area contributed by atoms with Gasteiger partial charge in [-0.15, -0.1) is 0 Å². The molecule has 0 rings (SSSR count). The van der Waals surface area contributed by atoms with Crippen LogP contribution in [0, 0.1) is 0 Å². The van der Waals surface area contributed by atoms with Gasteiger partial charge in [0.1, 0.15) is 6.04 Å². The van der Waals surface area contributed by atoms with Crippen LogP contribution < -0.4 is 5.73 Å². The van der Waals surface area contributed by atoms with Crippen molar-refractivity contribution in [3.63, 3.8) is 0 Å². The molecule has 0 aliphatic carbocycles. The summed E-state index contributed by atoms with van der Waals surface area (Å²) in [6.07, 6.45) is 0.360. The van der Waals surface area contributed by atoms with Crippen molar-refractivity contribution in [2.45, 2.75) is 12.5 Å². The third-order valence-electron chi connectivity index (χ3n) is 0.946. The fourth-order valence-corrected chi connectivity index (χ4v) is 0.451. The molecule has 0 saturated carbocycles. The summed E-state index contributed by atoms with van der Waals surface area (Å²) in [5, 5.41) is 8.32. The normalized spacial score (nSPS) is 12.6. The molecule has 0 aromatic heterocycles. The molecule has 0 radical (unpaired) electrons. The first-order valence-corrected chi connectivity index (χ1v) is 2.61. The first-order valence-electron chi connectivity index (χ1n) is 2.61. The van der Waals surface area contributed by atoms with Gasteiger partial charge in [-0.25, -0.2) is 4.79 Å². The fraction of sp³-hybridized carbons (Fsp3) is 0.600. The van der Waals surface area contributed by atoms with Crippen molar-refractivity contribution in [3.05, 3.63) is 0 Å². The topological polar surface area (TPSA) is 75.7 Å².